The lowest BCUT2D eigenvalue weighted by atomic mass is 10.1. The summed E-state index contributed by atoms with van der Waals surface area (Å²) in [6.45, 7) is 4.06. The molecule has 3 heteroatoms. The number of hydrogen-bond acceptors (Lipinski definition) is 1. The van der Waals surface area contributed by atoms with Gasteiger partial charge in [-0.1, -0.05) is 58.3 Å². The Morgan fingerprint density at radius 3 is 2.21 bits per heavy atom. The van der Waals surface area contributed by atoms with Gasteiger partial charge in [-0.2, -0.15) is 0 Å². The fraction of sp³-hybridized carbons (Fsp3) is 0.812. The molecule has 0 saturated carbocycles. The van der Waals surface area contributed by atoms with Crippen LogP contribution in [0.2, 0.25) is 0 Å². The molecule has 0 aliphatic heterocycles. The number of nitrogens with zero attached hydrogens (tertiary/aromatic N) is 1. The van der Waals surface area contributed by atoms with E-state index in [1.807, 2.05) is 17.0 Å². The van der Waals surface area contributed by atoms with Gasteiger partial charge in [0.15, 0.2) is 6.23 Å². The van der Waals surface area contributed by atoms with E-state index in [1.54, 1.807) is 6.92 Å². The lowest BCUT2D eigenvalue weighted by Crippen LogP contribution is -2.39. The van der Waals surface area contributed by atoms with Crippen molar-refractivity contribution in [2.45, 2.75) is 84.3 Å². The summed E-state index contributed by atoms with van der Waals surface area (Å²) >= 11 is 0. The van der Waals surface area contributed by atoms with Gasteiger partial charge in [0.1, 0.15) is 12.4 Å². The fourth-order valence-corrected chi connectivity index (χ4v) is 2.53. The van der Waals surface area contributed by atoms with Gasteiger partial charge in [0.25, 0.3) is 5.82 Å². The highest BCUT2D eigenvalue weighted by atomic mass is 16.3. The van der Waals surface area contributed by atoms with E-state index in [4.69, 9.17) is 0 Å². The van der Waals surface area contributed by atoms with E-state index in [1.165, 1.54) is 57.8 Å². The van der Waals surface area contributed by atoms with Crippen molar-refractivity contribution in [3.8, 4) is 0 Å². The minimum atomic E-state index is -0.431. The van der Waals surface area contributed by atoms with Crippen LogP contribution in [0.4, 0.5) is 0 Å². The molecule has 0 aromatic carbocycles. The van der Waals surface area contributed by atoms with Crippen LogP contribution in [0.5, 0.6) is 0 Å². The number of unbranched alkanes of at least 4 members (excludes halogenated alkanes) is 8. The van der Waals surface area contributed by atoms with Crippen molar-refractivity contribution in [3.63, 3.8) is 0 Å². The maximum atomic E-state index is 9.58. The minimum Gasteiger partial charge on any atom is -0.355 e. The van der Waals surface area contributed by atoms with Crippen LogP contribution in [0.25, 0.3) is 0 Å². The van der Waals surface area contributed by atoms with E-state index < -0.39 is 6.23 Å². The molecule has 3 nitrogen and oxygen atoms in total. The molecular weight excluding hydrogens is 236 g/mol. The number of aromatic amines is 1. The molecule has 0 saturated heterocycles. The summed E-state index contributed by atoms with van der Waals surface area (Å²) in [5.74, 6) is 1.14. The van der Waals surface area contributed by atoms with Crippen LogP contribution in [-0.4, -0.2) is 10.1 Å². The predicted octanol–water partition coefficient (Wildman–Crippen LogP) is 3.89. The van der Waals surface area contributed by atoms with Gasteiger partial charge in [0, 0.05) is 13.3 Å². The Labute approximate surface area is 118 Å². The summed E-state index contributed by atoms with van der Waals surface area (Å²) in [6.07, 6.45) is 16.6. The highest BCUT2D eigenvalue weighted by Crippen LogP contribution is 2.10. The molecule has 1 heterocycles. The van der Waals surface area contributed by atoms with Crippen molar-refractivity contribution < 1.29 is 9.67 Å². The Morgan fingerprint density at radius 1 is 1.05 bits per heavy atom. The van der Waals surface area contributed by atoms with Gasteiger partial charge in [-0.25, -0.2) is 9.55 Å². The zero-order valence-electron chi connectivity index (χ0n) is 12.7. The summed E-state index contributed by atoms with van der Waals surface area (Å²) in [4.78, 5) is 3.22. The van der Waals surface area contributed by atoms with E-state index in [9.17, 15) is 5.11 Å². The van der Waals surface area contributed by atoms with E-state index in [0.29, 0.717) is 0 Å². The molecule has 0 bridgehead atoms. The molecule has 1 aromatic rings. The van der Waals surface area contributed by atoms with Crippen LogP contribution in [0.15, 0.2) is 12.4 Å². The van der Waals surface area contributed by atoms with Gasteiger partial charge in [-0.05, 0) is 6.42 Å². The van der Waals surface area contributed by atoms with Crippen molar-refractivity contribution in [2.75, 3.05) is 0 Å². The van der Waals surface area contributed by atoms with Crippen LogP contribution in [0.3, 0.4) is 0 Å². The molecule has 0 radical (unpaired) electrons. The third-order valence-electron chi connectivity index (χ3n) is 3.72. The zero-order valence-corrected chi connectivity index (χ0v) is 12.7. The van der Waals surface area contributed by atoms with E-state index in [-0.39, 0.29) is 0 Å². The predicted molar refractivity (Wildman–Crippen MR) is 78.8 cm³/mol. The van der Waals surface area contributed by atoms with Crippen LogP contribution >= 0.6 is 0 Å². The molecule has 1 aromatic heterocycles. The summed E-state index contributed by atoms with van der Waals surface area (Å²) in [6, 6.07) is 0. The largest absolute Gasteiger partial charge is 0.355 e. The number of hydrogen-bond donors (Lipinski definition) is 2. The Bertz CT molecular complexity index is 320. The maximum Gasteiger partial charge on any atom is 0.256 e. The average molecular weight is 267 g/mol. The first-order valence-electron chi connectivity index (χ1n) is 8.01. The van der Waals surface area contributed by atoms with Crippen LogP contribution in [-0.2, 0) is 6.42 Å². The molecule has 19 heavy (non-hydrogen) atoms. The number of H-pyrrole nitrogens is 1. The van der Waals surface area contributed by atoms with E-state index >= 15 is 0 Å². The quantitative estimate of drug-likeness (QED) is 0.463. The lowest BCUT2D eigenvalue weighted by Gasteiger charge is -2.03. The van der Waals surface area contributed by atoms with Gasteiger partial charge in [0.2, 0.25) is 0 Å². The lowest BCUT2D eigenvalue weighted by molar-refractivity contribution is -0.760. The molecule has 0 amide bonds. The number of aryl methyl sites for hydroxylation is 1. The highest BCUT2D eigenvalue weighted by molar-refractivity contribution is 4.77. The molecule has 0 aliphatic rings. The number of aliphatic hydroxyl groups excluding tert-OH is 1. The van der Waals surface area contributed by atoms with Gasteiger partial charge in [-0.15, -0.1) is 0 Å². The van der Waals surface area contributed by atoms with Crippen molar-refractivity contribution in [3.05, 3.63) is 18.2 Å². The van der Waals surface area contributed by atoms with Crippen molar-refractivity contribution in [1.82, 2.24) is 4.98 Å². The maximum absolute atomic E-state index is 9.58. The topological polar surface area (TPSA) is 39.9 Å². The highest BCUT2D eigenvalue weighted by Gasteiger charge is 2.13. The molecule has 110 valence electrons. The first-order chi connectivity index (χ1) is 9.25. The number of nitrogens with one attached hydrogen (secondary N) is 1. The monoisotopic (exact) mass is 267 g/mol. The minimum absolute atomic E-state index is 0.431. The molecule has 1 unspecified atom stereocenters. The van der Waals surface area contributed by atoms with Crippen LogP contribution in [0.1, 0.15) is 83.7 Å². The van der Waals surface area contributed by atoms with Crippen molar-refractivity contribution in [1.29, 1.82) is 0 Å². The summed E-state index contributed by atoms with van der Waals surface area (Å²) < 4.78 is 1.91. The number of rotatable bonds is 11. The van der Waals surface area contributed by atoms with Gasteiger partial charge in [-0.3, -0.25) is 0 Å². The van der Waals surface area contributed by atoms with Crippen molar-refractivity contribution >= 4 is 0 Å². The fourth-order valence-electron chi connectivity index (χ4n) is 2.53. The summed E-state index contributed by atoms with van der Waals surface area (Å²) in [5, 5.41) is 9.58. The molecule has 2 N–H and O–H groups in total. The second kappa shape index (κ2) is 10.0. The van der Waals surface area contributed by atoms with Crippen LogP contribution in [0, 0.1) is 0 Å². The number of aromatic nitrogens is 2. The standard InChI is InChI=1S/C16H30N2O/c1-3-4-5-6-7-8-9-10-11-12-16-17-13-14-18(16)15(2)19/h13-15,19H,3-12H2,1-2H3/p+1. The number of aliphatic hydroxyl groups is 1. The molecular formula is C16H31N2O+. The second-order valence-corrected chi connectivity index (χ2v) is 5.52. The summed E-state index contributed by atoms with van der Waals surface area (Å²) in [5.41, 5.74) is 0. The smallest absolute Gasteiger partial charge is 0.256 e. The molecule has 0 aliphatic carbocycles. The molecule has 1 atom stereocenters. The Hall–Kier alpha value is -0.830. The molecule has 0 spiro atoms. The third-order valence-corrected chi connectivity index (χ3v) is 3.72. The van der Waals surface area contributed by atoms with Gasteiger partial charge < -0.3 is 5.11 Å². The first-order valence-corrected chi connectivity index (χ1v) is 8.01. The number of imidazole rings is 1. The third kappa shape index (κ3) is 6.76. The SMILES string of the molecule is CCCCCCCCCCCc1[nH]cc[n+]1C(C)O. The molecule has 0 fully saturated rings. The average Bonchev–Trinajstić information content (AvgIpc) is 2.85. The van der Waals surface area contributed by atoms with E-state index in [2.05, 4.69) is 11.9 Å². The van der Waals surface area contributed by atoms with Crippen molar-refractivity contribution in [2.24, 2.45) is 0 Å². The van der Waals surface area contributed by atoms with Crippen LogP contribution < -0.4 is 4.57 Å². The zero-order chi connectivity index (χ0) is 13.9. The Balaban J connectivity index is 2.00. The Morgan fingerprint density at radius 2 is 1.63 bits per heavy atom. The van der Waals surface area contributed by atoms with E-state index in [0.717, 1.165) is 12.2 Å². The first kappa shape index (κ1) is 16.2. The molecule has 1 rings (SSSR count). The van der Waals surface area contributed by atoms with Gasteiger partial charge in [0.05, 0.1) is 0 Å². The van der Waals surface area contributed by atoms with Gasteiger partial charge >= 0.3 is 0 Å². The normalized spacial score (nSPS) is 12.8. The Kier molecular flexibility index (Phi) is 8.55. The second-order valence-electron chi connectivity index (χ2n) is 5.52. The summed E-state index contributed by atoms with van der Waals surface area (Å²) in [7, 11) is 0.